The highest BCUT2D eigenvalue weighted by Crippen LogP contribution is 2.15. The molecule has 0 aliphatic heterocycles. The molecule has 2 heterocycles. The number of nitrogens with one attached hydrogen (secondary N) is 1. The fourth-order valence-electron chi connectivity index (χ4n) is 1.58. The van der Waals surface area contributed by atoms with Crippen LogP contribution in [0.2, 0.25) is 0 Å². The lowest BCUT2D eigenvalue weighted by molar-refractivity contribution is 0.756. The Kier molecular flexibility index (Phi) is 2.76. The van der Waals surface area contributed by atoms with E-state index in [2.05, 4.69) is 15.4 Å². The van der Waals surface area contributed by atoms with Crippen molar-refractivity contribution in [1.29, 1.82) is 0 Å². The number of aryl methyl sites for hydroxylation is 2. The van der Waals surface area contributed by atoms with Crippen LogP contribution in [0.3, 0.4) is 0 Å². The molecule has 0 amide bonds. The van der Waals surface area contributed by atoms with Crippen molar-refractivity contribution < 1.29 is 0 Å². The third kappa shape index (κ3) is 2.13. The predicted molar refractivity (Wildman–Crippen MR) is 63.9 cm³/mol. The normalized spacial score (nSPS) is 10.4. The van der Waals surface area contributed by atoms with Gasteiger partial charge in [-0.2, -0.15) is 5.10 Å². The number of nitrogens with zero attached hydrogens (tertiary/aromatic N) is 3. The van der Waals surface area contributed by atoms with Crippen molar-refractivity contribution in [3.05, 3.63) is 35.8 Å². The van der Waals surface area contributed by atoms with Crippen LogP contribution < -0.4 is 11.1 Å². The highest BCUT2D eigenvalue weighted by molar-refractivity contribution is 5.60. The number of hydrogen-bond donors (Lipinski definition) is 2. The first-order valence-electron chi connectivity index (χ1n) is 5.10. The first kappa shape index (κ1) is 10.5. The molecule has 0 aliphatic rings. The van der Waals surface area contributed by atoms with Crippen LogP contribution in [-0.4, -0.2) is 14.8 Å². The van der Waals surface area contributed by atoms with Crippen LogP contribution >= 0.6 is 0 Å². The zero-order valence-electron chi connectivity index (χ0n) is 9.44. The fourth-order valence-corrected chi connectivity index (χ4v) is 1.58. The molecule has 0 atom stereocenters. The summed E-state index contributed by atoms with van der Waals surface area (Å²) < 4.78 is 1.80. The van der Waals surface area contributed by atoms with Gasteiger partial charge in [-0.3, -0.25) is 4.68 Å². The van der Waals surface area contributed by atoms with Crippen LogP contribution in [0.5, 0.6) is 0 Å². The van der Waals surface area contributed by atoms with Crippen molar-refractivity contribution in [1.82, 2.24) is 14.8 Å². The quantitative estimate of drug-likeness (QED) is 0.813. The number of anilines is 2. The molecular weight excluding hydrogens is 202 g/mol. The van der Waals surface area contributed by atoms with E-state index < -0.39 is 0 Å². The van der Waals surface area contributed by atoms with E-state index in [0.717, 1.165) is 16.9 Å². The Morgan fingerprint density at radius 1 is 1.50 bits per heavy atom. The van der Waals surface area contributed by atoms with Gasteiger partial charge in [0.05, 0.1) is 11.4 Å². The first-order chi connectivity index (χ1) is 7.66. The predicted octanol–water partition coefficient (Wildman–Crippen LogP) is 1.32. The molecule has 5 nitrogen and oxygen atoms in total. The van der Waals surface area contributed by atoms with E-state index in [0.29, 0.717) is 12.4 Å². The Morgan fingerprint density at radius 3 is 2.94 bits per heavy atom. The van der Waals surface area contributed by atoms with Crippen LogP contribution in [0.4, 0.5) is 11.5 Å². The summed E-state index contributed by atoms with van der Waals surface area (Å²) in [7, 11) is 1.91. The number of nitrogen functional groups attached to an aromatic ring is 1. The maximum atomic E-state index is 5.73. The highest BCUT2D eigenvalue weighted by atomic mass is 15.2. The molecule has 2 aromatic heterocycles. The lowest BCUT2D eigenvalue weighted by atomic mass is 10.2. The number of nitrogens with two attached hydrogens (primary N) is 1. The zero-order valence-corrected chi connectivity index (χ0v) is 9.44. The van der Waals surface area contributed by atoms with Crippen molar-refractivity contribution in [3.8, 4) is 0 Å². The van der Waals surface area contributed by atoms with Gasteiger partial charge in [0.2, 0.25) is 0 Å². The Bertz CT molecular complexity index is 489. The van der Waals surface area contributed by atoms with Crippen molar-refractivity contribution in [2.45, 2.75) is 13.5 Å². The van der Waals surface area contributed by atoms with Crippen LogP contribution in [0.1, 0.15) is 11.3 Å². The molecule has 0 radical (unpaired) electrons. The summed E-state index contributed by atoms with van der Waals surface area (Å²) in [5.41, 5.74) is 8.77. The van der Waals surface area contributed by atoms with E-state index in [-0.39, 0.29) is 0 Å². The second kappa shape index (κ2) is 4.22. The second-order valence-electron chi connectivity index (χ2n) is 3.70. The summed E-state index contributed by atoms with van der Waals surface area (Å²) in [6.07, 6.45) is 3.67. The van der Waals surface area contributed by atoms with Crippen LogP contribution in [0.15, 0.2) is 24.5 Å². The molecule has 5 heteroatoms. The molecule has 2 aromatic rings. The summed E-state index contributed by atoms with van der Waals surface area (Å²) in [5, 5.41) is 7.52. The van der Waals surface area contributed by atoms with E-state index in [4.69, 9.17) is 5.73 Å². The minimum absolute atomic E-state index is 0.518. The Hall–Kier alpha value is -2.04. The maximum absolute atomic E-state index is 5.73. The zero-order chi connectivity index (χ0) is 11.5. The molecule has 0 unspecified atom stereocenters. The van der Waals surface area contributed by atoms with Gasteiger partial charge in [-0.15, -0.1) is 0 Å². The summed E-state index contributed by atoms with van der Waals surface area (Å²) in [4.78, 5) is 4.01. The molecule has 0 saturated heterocycles. The molecule has 0 bridgehead atoms. The number of hydrogen-bond acceptors (Lipinski definition) is 4. The fraction of sp³-hybridized carbons (Fsp3) is 0.273. The molecule has 3 N–H and O–H groups in total. The molecule has 0 fully saturated rings. The average Bonchev–Trinajstić information content (AvgIpc) is 2.56. The average molecular weight is 217 g/mol. The minimum Gasteiger partial charge on any atom is -0.382 e. The monoisotopic (exact) mass is 217 g/mol. The van der Waals surface area contributed by atoms with Crippen LogP contribution in [-0.2, 0) is 13.6 Å². The standard InChI is InChI=1S/C11H15N5/c1-8-9(7-16(2)15-8)6-14-10-4-3-5-13-11(10)12/h3-5,7,14H,6H2,1-2H3,(H2,12,13). The van der Waals surface area contributed by atoms with E-state index in [1.807, 2.05) is 32.3 Å². The molecule has 84 valence electrons. The van der Waals surface area contributed by atoms with Gasteiger partial charge in [-0.1, -0.05) is 0 Å². The summed E-state index contributed by atoms with van der Waals surface area (Å²) >= 11 is 0. The molecule has 16 heavy (non-hydrogen) atoms. The van der Waals surface area contributed by atoms with Gasteiger partial charge in [0.1, 0.15) is 5.82 Å². The van der Waals surface area contributed by atoms with Crippen molar-refractivity contribution in [2.24, 2.45) is 7.05 Å². The van der Waals surface area contributed by atoms with Crippen molar-refractivity contribution >= 4 is 11.5 Å². The third-order valence-corrected chi connectivity index (χ3v) is 2.42. The maximum Gasteiger partial charge on any atom is 0.146 e. The molecular formula is C11H15N5. The molecule has 0 aromatic carbocycles. The number of pyridine rings is 1. The SMILES string of the molecule is Cc1nn(C)cc1CNc1cccnc1N. The van der Waals surface area contributed by atoms with Gasteiger partial charge < -0.3 is 11.1 Å². The molecule has 0 aliphatic carbocycles. The van der Waals surface area contributed by atoms with Crippen LogP contribution in [0.25, 0.3) is 0 Å². The lowest BCUT2D eigenvalue weighted by Crippen LogP contribution is -2.03. The van der Waals surface area contributed by atoms with Gasteiger partial charge >= 0.3 is 0 Å². The first-order valence-corrected chi connectivity index (χ1v) is 5.10. The molecule has 0 spiro atoms. The Morgan fingerprint density at radius 2 is 2.31 bits per heavy atom. The largest absolute Gasteiger partial charge is 0.382 e. The highest BCUT2D eigenvalue weighted by Gasteiger charge is 2.03. The molecule has 2 rings (SSSR count). The van der Waals surface area contributed by atoms with Gasteiger partial charge in [0, 0.05) is 31.5 Å². The Labute approximate surface area is 94.3 Å². The number of rotatable bonds is 3. The third-order valence-electron chi connectivity index (χ3n) is 2.42. The van der Waals surface area contributed by atoms with Crippen molar-refractivity contribution in [2.75, 3.05) is 11.1 Å². The molecule has 0 saturated carbocycles. The second-order valence-corrected chi connectivity index (χ2v) is 3.70. The summed E-state index contributed by atoms with van der Waals surface area (Å²) in [6.45, 7) is 2.69. The minimum atomic E-state index is 0.518. The van der Waals surface area contributed by atoms with Gasteiger partial charge in [0.15, 0.2) is 0 Å². The van der Waals surface area contributed by atoms with Gasteiger partial charge in [0.25, 0.3) is 0 Å². The number of aromatic nitrogens is 3. The smallest absolute Gasteiger partial charge is 0.146 e. The summed E-state index contributed by atoms with van der Waals surface area (Å²) in [6, 6.07) is 3.77. The van der Waals surface area contributed by atoms with Gasteiger partial charge in [-0.05, 0) is 19.1 Å². The van der Waals surface area contributed by atoms with E-state index >= 15 is 0 Å². The van der Waals surface area contributed by atoms with Gasteiger partial charge in [-0.25, -0.2) is 4.98 Å². The van der Waals surface area contributed by atoms with Crippen molar-refractivity contribution in [3.63, 3.8) is 0 Å². The topological polar surface area (TPSA) is 68.8 Å². The Balaban J connectivity index is 2.08. The van der Waals surface area contributed by atoms with E-state index in [1.165, 1.54) is 0 Å². The lowest BCUT2D eigenvalue weighted by Gasteiger charge is -2.06. The summed E-state index contributed by atoms with van der Waals surface area (Å²) in [5.74, 6) is 0.518. The van der Waals surface area contributed by atoms with E-state index in [9.17, 15) is 0 Å². The van der Waals surface area contributed by atoms with Crippen LogP contribution in [0, 0.1) is 6.92 Å². The van der Waals surface area contributed by atoms with E-state index in [1.54, 1.807) is 10.9 Å².